The molecule has 0 bridgehead atoms. The predicted octanol–water partition coefficient (Wildman–Crippen LogP) is 5.85. The van der Waals surface area contributed by atoms with Crippen LogP contribution in [0.3, 0.4) is 0 Å². The Morgan fingerprint density at radius 3 is 1.36 bits per heavy atom. The Bertz CT molecular complexity index is 1280. The van der Waals surface area contributed by atoms with Gasteiger partial charge in [0.25, 0.3) is 0 Å². The standard InChI is InChI=1S/C29H28N2O2/c1-17-13-19(5-11-27(17)30)29(20-6-12-28(31)18(2)14-20)25-15-21(32-3)7-9-23(25)24-10-8-22(33-4)16-26(24)29/h5-16H,30-31H2,1-4H3. The van der Waals surface area contributed by atoms with E-state index in [4.69, 9.17) is 20.9 Å². The van der Waals surface area contributed by atoms with Crippen LogP contribution >= 0.6 is 0 Å². The van der Waals surface area contributed by atoms with Gasteiger partial charge in [-0.1, -0.05) is 36.4 Å². The minimum atomic E-state index is -0.579. The molecule has 4 aromatic rings. The number of anilines is 2. The zero-order chi connectivity index (χ0) is 23.3. The van der Waals surface area contributed by atoms with E-state index in [0.29, 0.717) is 0 Å². The van der Waals surface area contributed by atoms with Crippen molar-refractivity contribution >= 4 is 11.4 Å². The molecule has 5 rings (SSSR count). The molecule has 4 heteroatoms. The number of hydrogen-bond acceptors (Lipinski definition) is 4. The lowest BCUT2D eigenvalue weighted by Crippen LogP contribution is -2.29. The molecule has 0 saturated carbocycles. The molecular formula is C29H28N2O2. The summed E-state index contributed by atoms with van der Waals surface area (Å²) in [5, 5.41) is 0. The fourth-order valence-electron chi connectivity index (χ4n) is 5.14. The first kappa shape index (κ1) is 21.0. The van der Waals surface area contributed by atoms with Gasteiger partial charge in [0.1, 0.15) is 11.5 Å². The quantitative estimate of drug-likeness (QED) is 0.347. The number of aryl methyl sites for hydroxylation is 2. The minimum absolute atomic E-state index is 0.579. The molecule has 0 heterocycles. The average Bonchev–Trinajstić information content (AvgIpc) is 3.12. The summed E-state index contributed by atoms with van der Waals surface area (Å²) in [6.45, 7) is 4.10. The highest BCUT2D eigenvalue weighted by Crippen LogP contribution is 2.57. The SMILES string of the molecule is COc1ccc2c(c1)C(c1ccc(N)c(C)c1)(c1ccc(N)c(C)c1)c1cc(OC)ccc1-2. The van der Waals surface area contributed by atoms with Gasteiger partial charge in [0, 0.05) is 11.4 Å². The molecule has 4 aromatic carbocycles. The van der Waals surface area contributed by atoms with Crippen molar-refractivity contribution in [1.29, 1.82) is 0 Å². The largest absolute Gasteiger partial charge is 0.497 e. The van der Waals surface area contributed by atoms with E-state index < -0.39 is 5.41 Å². The van der Waals surface area contributed by atoms with Gasteiger partial charge in [-0.25, -0.2) is 0 Å². The second-order valence-electron chi connectivity index (χ2n) is 8.72. The van der Waals surface area contributed by atoms with Crippen molar-refractivity contribution in [3.05, 3.63) is 106 Å². The average molecular weight is 437 g/mol. The number of hydrogen-bond donors (Lipinski definition) is 2. The molecule has 1 aliphatic rings. The molecular weight excluding hydrogens is 408 g/mol. The molecule has 4 nitrogen and oxygen atoms in total. The van der Waals surface area contributed by atoms with Crippen LogP contribution in [0.2, 0.25) is 0 Å². The summed E-state index contributed by atoms with van der Waals surface area (Å²) in [7, 11) is 3.41. The highest BCUT2D eigenvalue weighted by Gasteiger charge is 2.47. The molecule has 0 saturated heterocycles. The molecule has 0 amide bonds. The Hall–Kier alpha value is -3.92. The second-order valence-corrected chi connectivity index (χ2v) is 8.72. The Labute approximate surface area is 194 Å². The number of ether oxygens (including phenoxy) is 2. The van der Waals surface area contributed by atoms with Crippen molar-refractivity contribution < 1.29 is 9.47 Å². The Balaban J connectivity index is 1.98. The molecule has 166 valence electrons. The van der Waals surface area contributed by atoms with E-state index in [9.17, 15) is 0 Å². The number of nitrogens with two attached hydrogens (primary N) is 2. The van der Waals surface area contributed by atoms with E-state index in [1.807, 2.05) is 24.3 Å². The smallest absolute Gasteiger partial charge is 0.119 e. The van der Waals surface area contributed by atoms with E-state index >= 15 is 0 Å². The zero-order valence-corrected chi connectivity index (χ0v) is 19.4. The normalized spacial score (nSPS) is 13.3. The van der Waals surface area contributed by atoms with Gasteiger partial charge in [0.15, 0.2) is 0 Å². The summed E-state index contributed by atoms with van der Waals surface area (Å²) in [5.74, 6) is 1.63. The molecule has 0 radical (unpaired) electrons. The van der Waals surface area contributed by atoms with E-state index in [1.165, 1.54) is 22.3 Å². The van der Waals surface area contributed by atoms with Crippen LogP contribution in [0.25, 0.3) is 11.1 Å². The van der Waals surface area contributed by atoms with Gasteiger partial charge in [-0.2, -0.15) is 0 Å². The first-order valence-electron chi connectivity index (χ1n) is 11.0. The van der Waals surface area contributed by atoms with Crippen LogP contribution in [0, 0.1) is 13.8 Å². The summed E-state index contributed by atoms with van der Waals surface area (Å²) in [6.07, 6.45) is 0. The first-order chi connectivity index (χ1) is 15.9. The summed E-state index contributed by atoms with van der Waals surface area (Å²) in [6, 6.07) is 25.3. The summed E-state index contributed by atoms with van der Waals surface area (Å²) < 4.78 is 11.3. The number of nitrogen functional groups attached to an aromatic ring is 2. The predicted molar refractivity (Wildman–Crippen MR) is 135 cm³/mol. The zero-order valence-electron chi connectivity index (χ0n) is 19.4. The minimum Gasteiger partial charge on any atom is -0.497 e. The fourth-order valence-corrected chi connectivity index (χ4v) is 5.14. The van der Waals surface area contributed by atoms with Gasteiger partial charge >= 0.3 is 0 Å². The number of fused-ring (bicyclic) bond motifs is 3. The monoisotopic (exact) mass is 436 g/mol. The number of rotatable bonds is 4. The fraction of sp³-hybridized carbons (Fsp3) is 0.172. The first-order valence-corrected chi connectivity index (χ1v) is 11.0. The van der Waals surface area contributed by atoms with Crippen molar-refractivity contribution in [3.63, 3.8) is 0 Å². The maximum atomic E-state index is 6.24. The van der Waals surface area contributed by atoms with E-state index in [2.05, 4.69) is 62.4 Å². The molecule has 0 aliphatic heterocycles. The van der Waals surface area contributed by atoms with E-state index in [1.54, 1.807) is 14.2 Å². The number of methoxy groups -OCH3 is 2. The van der Waals surface area contributed by atoms with Crippen LogP contribution < -0.4 is 20.9 Å². The van der Waals surface area contributed by atoms with Crippen molar-refractivity contribution in [1.82, 2.24) is 0 Å². The lowest BCUT2D eigenvalue weighted by Gasteiger charge is -2.35. The molecule has 1 aliphatic carbocycles. The summed E-state index contributed by atoms with van der Waals surface area (Å²) >= 11 is 0. The van der Waals surface area contributed by atoms with Gasteiger partial charge in [-0.15, -0.1) is 0 Å². The van der Waals surface area contributed by atoms with Gasteiger partial charge in [-0.05, 0) is 94.8 Å². The molecule has 0 fully saturated rings. The van der Waals surface area contributed by atoms with Crippen molar-refractivity contribution in [3.8, 4) is 22.6 Å². The Morgan fingerprint density at radius 1 is 0.576 bits per heavy atom. The summed E-state index contributed by atoms with van der Waals surface area (Å²) in [4.78, 5) is 0. The molecule has 0 aromatic heterocycles. The second kappa shape index (κ2) is 7.59. The van der Waals surface area contributed by atoms with Gasteiger partial charge in [0.05, 0.1) is 19.6 Å². The van der Waals surface area contributed by atoms with Gasteiger partial charge in [-0.3, -0.25) is 0 Å². The van der Waals surface area contributed by atoms with Crippen LogP contribution in [-0.2, 0) is 5.41 Å². The van der Waals surface area contributed by atoms with Gasteiger partial charge in [0.2, 0.25) is 0 Å². The number of benzene rings is 4. The third-order valence-electron chi connectivity index (χ3n) is 6.96. The van der Waals surface area contributed by atoms with Crippen LogP contribution in [0.4, 0.5) is 11.4 Å². The Morgan fingerprint density at radius 2 is 1.00 bits per heavy atom. The highest BCUT2D eigenvalue weighted by atomic mass is 16.5. The maximum Gasteiger partial charge on any atom is 0.119 e. The van der Waals surface area contributed by atoms with Crippen molar-refractivity contribution in [2.75, 3.05) is 25.7 Å². The maximum absolute atomic E-state index is 6.24. The lowest BCUT2D eigenvalue weighted by molar-refractivity contribution is 0.413. The topological polar surface area (TPSA) is 70.5 Å². The summed E-state index contributed by atoms with van der Waals surface area (Å²) in [5.41, 5.74) is 22.5. The van der Waals surface area contributed by atoms with Crippen LogP contribution in [0.15, 0.2) is 72.8 Å². The molecule has 0 spiro atoms. The lowest BCUT2D eigenvalue weighted by atomic mass is 9.67. The molecule has 0 atom stereocenters. The molecule has 0 unspecified atom stereocenters. The van der Waals surface area contributed by atoms with Crippen molar-refractivity contribution in [2.45, 2.75) is 19.3 Å². The Kier molecular flexibility index (Phi) is 4.82. The van der Waals surface area contributed by atoms with E-state index in [-0.39, 0.29) is 0 Å². The van der Waals surface area contributed by atoms with Crippen LogP contribution in [0.5, 0.6) is 11.5 Å². The third kappa shape index (κ3) is 2.98. The van der Waals surface area contributed by atoms with Crippen LogP contribution in [-0.4, -0.2) is 14.2 Å². The third-order valence-corrected chi connectivity index (χ3v) is 6.96. The highest BCUT2D eigenvalue weighted by molar-refractivity contribution is 5.87. The molecule has 4 N–H and O–H groups in total. The van der Waals surface area contributed by atoms with Crippen molar-refractivity contribution in [2.24, 2.45) is 0 Å². The van der Waals surface area contributed by atoms with Crippen LogP contribution in [0.1, 0.15) is 33.4 Å². The van der Waals surface area contributed by atoms with E-state index in [0.717, 1.165) is 45.1 Å². The molecule has 33 heavy (non-hydrogen) atoms. The van der Waals surface area contributed by atoms with Gasteiger partial charge < -0.3 is 20.9 Å².